The summed E-state index contributed by atoms with van der Waals surface area (Å²) in [6, 6.07) is -0.346. The van der Waals surface area contributed by atoms with E-state index >= 15 is 0 Å². The van der Waals surface area contributed by atoms with Gasteiger partial charge in [0, 0.05) is 20.2 Å². The smallest absolute Gasteiger partial charge is 0.239 e. The molecule has 0 aliphatic carbocycles. The third-order valence-corrected chi connectivity index (χ3v) is 3.78. The van der Waals surface area contributed by atoms with Gasteiger partial charge in [0.15, 0.2) is 0 Å². The zero-order valence-corrected chi connectivity index (χ0v) is 11.3. The molecule has 0 bridgehead atoms. The summed E-state index contributed by atoms with van der Waals surface area (Å²) in [4.78, 5) is 14.1. The van der Waals surface area contributed by atoms with E-state index in [4.69, 9.17) is 10.5 Å². The topological polar surface area (TPSA) is 55.6 Å². The largest absolute Gasteiger partial charge is 0.384 e. The number of nitrogens with two attached hydrogens (primary N) is 1. The van der Waals surface area contributed by atoms with E-state index < -0.39 is 0 Å². The van der Waals surface area contributed by atoms with Crippen LogP contribution in [-0.4, -0.2) is 43.7 Å². The number of piperidine rings is 1. The van der Waals surface area contributed by atoms with E-state index in [9.17, 15) is 4.79 Å². The Morgan fingerprint density at radius 3 is 2.88 bits per heavy atom. The van der Waals surface area contributed by atoms with Crippen LogP contribution in [0.1, 0.15) is 33.1 Å². The van der Waals surface area contributed by atoms with Gasteiger partial charge < -0.3 is 15.4 Å². The highest BCUT2D eigenvalue weighted by molar-refractivity contribution is 5.82. The van der Waals surface area contributed by atoms with Crippen molar-refractivity contribution in [3.05, 3.63) is 0 Å². The molecule has 100 valence electrons. The van der Waals surface area contributed by atoms with E-state index in [1.807, 2.05) is 11.8 Å². The van der Waals surface area contributed by atoms with Gasteiger partial charge >= 0.3 is 0 Å². The molecule has 3 atom stereocenters. The predicted molar refractivity (Wildman–Crippen MR) is 68.6 cm³/mol. The second kappa shape index (κ2) is 6.97. The van der Waals surface area contributed by atoms with Gasteiger partial charge in [-0.15, -0.1) is 0 Å². The van der Waals surface area contributed by atoms with E-state index in [-0.39, 0.29) is 17.9 Å². The molecule has 1 heterocycles. The number of nitrogens with zero attached hydrogens (tertiary/aromatic N) is 1. The van der Waals surface area contributed by atoms with E-state index in [1.54, 1.807) is 7.11 Å². The minimum atomic E-state index is -0.346. The third-order valence-electron chi connectivity index (χ3n) is 3.78. The van der Waals surface area contributed by atoms with E-state index in [0.717, 1.165) is 39.0 Å². The summed E-state index contributed by atoms with van der Waals surface area (Å²) in [6.45, 7) is 6.50. The van der Waals surface area contributed by atoms with Crippen LogP contribution in [0.2, 0.25) is 0 Å². The monoisotopic (exact) mass is 242 g/mol. The lowest BCUT2D eigenvalue weighted by atomic mass is 9.95. The number of ether oxygens (including phenoxy) is 1. The molecule has 1 amide bonds. The van der Waals surface area contributed by atoms with Crippen LogP contribution in [0.4, 0.5) is 0 Å². The lowest BCUT2D eigenvalue weighted by Gasteiger charge is -2.35. The summed E-state index contributed by atoms with van der Waals surface area (Å²) in [6.07, 6.45) is 3.16. The Balaban J connectivity index is 2.51. The van der Waals surface area contributed by atoms with Gasteiger partial charge in [-0.3, -0.25) is 4.79 Å². The van der Waals surface area contributed by atoms with Gasteiger partial charge in [0.1, 0.15) is 0 Å². The number of methoxy groups -OCH3 is 1. The summed E-state index contributed by atoms with van der Waals surface area (Å²) in [7, 11) is 1.71. The van der Waals surface area contributed by atoms with Crippen LogP contribution in [0.5, 0.6) is 0 Å². The maximum absolute atomic E-state index is 12.2. The number of likely N-dealkylation sites (tertiary alicyclic amines) is 1. The van der Waals surface area contributed by atoms with Crippen LogP contribution in [0.3, 0.4) is 0 Å². The normalized spacial score (nSPS) is 24.5. The van der Waals surface area contributed by atoms with Gasteiger partial charge in [-0.1, -0.05) is 20.3 Å². The molecule has 2 N–H and O–H groups in total. The SMILES string of the molecule is CCC(C)[C@H](N)C(=O)N1CCCC(COC)C1. The number of carbonyl (C=O) groups excluding carboxylic acids is 1. The Morgan fingerprint density at radius 1 is 1.59 bits per heavy atom. The molecule has 0 radical (unpaired) electrons. The Bertz CT molecular complexity index is 244. The molecular formula is C13H26N2O2. The number of rotatable bonds is 5. The summed E-state index contributed by atoms with van der Waals surface area (Å²) in [5, 5.41) is 0. The van der Waals surface area contributed by atoms with Crippen LogP contribution in [0, 0.1) is 11.8 Å². The lowest BCUT2D eigenvalue weighted by Crippen LogP contribution is -2.50. The van der Waals surface area contributed by atoms with E-state index in [2.05, 4.69) is 6.92 Å². The molecule has 4 heteroatoms. The molecule has 0 saturated carbocycles. The van der Waals surface area contributed by atoms with Crippen molar-refractivity contribution in [2.45, 2.75) is 39.2 Å². The van der Waals surface area contributed by atoms with Crippen molar-refractivity contribution >= 4 is 5.91 Å². The van der Waals surface area contributed by atoms with Crippen LogP contribution in [-0.2, 0) is 9.53 Å². The Labute approximate surface area is 104 Å². The zero-order chi connectivity index (χ0) is 12.8. The number of amides is 1. The molecule has 2 unspecified atom stereocenters. The molecule has 0 aromatic rings. The first-order chi connectivity index (χ1) is 8.10. The number of carbonyl (C=O) groups is 1. The minimum Gasteiger partial charge on any atom is -0.384 e. The standard InChI is InChI=1S/C13H26N2O2/c1-4-10(2)12(14)13(16)15-7-5-6-11(8-15)9-17-3/h10-12H,4-9,14H2,1-3H3/t10?,11?,12-/m0/s1. The predicted octanol–water partition coefficient (Wildman–Crippen LogP) is 1.24. The summed E-state index contributed by atoms with van der Waals surface area (Å²) in [5.41, 5.74) is 6.00. The molecule has 1 saturated heterocycles. The van der Waals surface area contributed by atoms with Gasteiger partial charge in [0.2, 0.25) is 5.91 Å². The fraction of sp³-hybridized carbons (Fsp3) is 0.923. The second-order valence-electron chi connectivity index (χ2n) is 5.16. The van der Waals surface area contributed by atoms with Crippen molar-refractivity contribution in [3.8, 4) is 0 Å². The Hall–Kier alpha value is -0.610. The van der Waals surface area contributed by atoms with Crippen LogP contribution < -0.4 is 5.73 Å². The summed E-state index contributed by atoms with van der Waals surface area (Å²) < 4.78 is 5.17. The minimum absolute atomic E-state index is 0.111. The molecule has 1 rings (SSSR count). The number of hydrogen-bond donors (Lipinski definition) is 1. The molecule has 0 aromatic heterocycles. The Kier molecular flexibility index (Phi) is 5.92. The van der Waals surface area contributed by atoms with Crippen molar-refractivity contribution in [3.63, 3.8) is 0 Å². The van der Waals surface area contributed by atoms with Crippen LogP contribution in [0.25, 0.3) is 0 Å². The van der Waals surface area contributed by atoms with Crippen LogP contribution >= 0.6 is 0 Å². The summed E-state index contributed by atoms with van der Waals surface area (Å²) >= 11 is 0. The molecule has 0 aromatic carbocycles. The number of hydrogen-bond acceptors (Lipinski definition) is 3. The van der Waals surface area contributed by atoms with Crippen molar-refractivity contribution in [1.29, 1.82) is 0 Å². The zero-order valence-electron chi connectivity index (χ0n) is 11.3. The first-order valence-electron chi connectivity index (χ1n) is 6.63. The van der Waals surface area contributed by atoms with Crippen molar-refractivity contribution in [2.75, 3.05) is 26.8 Å². The van der Waals surface area contributed by atoms with E-state index in [0.29, 0.717) is 5.92 Å². The maximum Gasteiger partial charge on any atom is 0.239 e. The van der Waals surface area contributed by atoms with Crippen LogP contribution in [0.15, 0.2) is 0 Å². The van der Waals surface area contributed by atoms with Gasteiger partial charge in [0.05, 0.1) is 12.6 Å². The highest BCUT2D eigenvalue weighted by atomic mass is 16.5. The van der Waals surface area contributed by atoms with Crippen molar-refractivity contribution in [1.82, 2.24) is 4.90 Å². The van der Waals surface area contributed by atoms with Gasteiger partial charge in [0.25, 0.3) is 0 Å². The molecule has 1 aliphatic heterocycles. The van der Waals surface area contributed by atoms with Gasteiger partial charge in [-0.2, -0.15) is 0 Å². The quantitative estimate of drug-likeness (QED) is 0.789. The molecule has 1 fully saturated rings. The summed E-state index contributed by atoms with van der Waals surface area (Å²) in [5.74, 6) is 0.840. The average Bonchev–Trinajstić information content (AvgIpc) is 2.36. The first kappa shape index (κ1) is 14.5. The van der Waals surface area contributed by atoms with Crippen molar-refractivity contribution < 1.29 is 9.53 Å². The highest BCUT2D eigenvalue weighted by Crippen LogP contribution is 2.18. The molecule has 1 aliphatic rings. The highest BCUT2D eigenvalue weighted by Gasteiger charge is 2.29. The van der Waals surface area contributed by atoms with Gasteiger partial charge in [-0.05, 0) is 24.7 Å². The van der Waals surface area contributed by atoms with Crippen molar-refractivity contribution in [2.24, 2.45) is 17.6 Å². The Morgan fingerprint density at radius 2 is 2.29 bits per heavy atom. The third kappa shape index (κ3) is 3.96. The lowest BCUT2D eigenvalue weighted by molar-refractivity contribution is -0.136. The average molecular weight is 242 g/mol. The first-order valence-corrected chi connectivity index (χ1v) is 6.63. The van der Waals surface area contributed by atoms with E-state index in [1.165, 1.54) is 0 Å². The fourth-order valence-electron chi connectivity index (χ4n) is 2.35. The molecule has 17 heavy (non-hydrogen) atoms. The maximum atomic E-state index is 12.2. The fourth-order valence-corrected chi connectivity index (χ4v) is 2.35. The molecule has 4 nitrogen and oxygen atoms in total. The molecule has 0 spiro atoms. The second-order valence-corrected chi connectivity index (χ2v) is 5.16. The molecular weight excluding hydrogens is 216 g/mol. The van der Waals surface area contributed by atoms with Gasteiger partial charge in [-0.25, -0.2) is 0 Å².